The van der Waals surface area contributed by atoms with Gasteiger partial charge in [-0.15, -0.1) is 11.3 Å². The number of rotatable bonds is 4. The van der Waals surface area contributed by atoms with E-state index in [1.807, 2.05) is 29.2 Å². The summed E-state index contributed by atoms with van der Waals surface area (Å²) < 4.78 is 5.22. The molecule has 26 heavy (non-hydrogen) atoms. The van der Waals surface area contributed by atoms with Crippen LogP contribution in [-0.2, 0) is 4.79 Å². The Bertz CT molecular complexity index is 879. The van der Waals surface area contributed by atoms with E-state index in [1.165, 1.54) is 0 Å². The highest BCUT2D eigenvalue weighted by Crippen LogP contribution is 2.32. The summed E-state index contributed by atoms with van der Waals surface area (Å²) in [5.74, 6) is 1.16. The molecular formula is C20H19N3O2S. The number of aromatic nitrogens is 2. The number of pyridine rings is 1. The van der Waals surface area contributed by atoms with Gasteiger partial charge in [-0.1, -0.05) is 0 Å². The lowest BCUT2D eigenvalue weighted by Gasteiger charge is -2.30. The molecule has 0 spiro atoms. The van der Waals surface area contributed by atoms with E-state index in [0.717, 1.165) is 42.2 Å². The molecule has 1 aliphatic rings. The van der Waals surface area contributed by atoms with Gasteiger partial charge in [-0.3, -0.25) is 9.78 Å². The SMILES string of the molecule is O=C(C=Cc1ccco1)N1CCC(c2nc(-c3ccncc3)cs2)CC1. The van der Waals surface area contributed by atoms with Crippen molar-refractivity contribution in [2.24, 2.45) is 0 Å². The first-order chi connectivity index (χ1) is 12.8. The van der Waals surface area contributed by atoms with Crippen LogP contribution in [0.4, 0.5) is 0 Å². The van der Waals surface area contributed by atoms with Crippen LogP contribution in [0.2, 0.25) is 0 Å². The number of carbonyl (C=O) groups is 1. The van der Waals surface area contributed by atoms with Gasteiger partial charge in [0.15, 0.2) is 0 Å². The minimum absolute atomic E-state index is 0.0384. The maximum atomic E-state index is 12.3. The minimum Gasteiger partial charge on any atom is -0.465 e. The molecule has 1 amide bonds. The van der Waals surface area contributed by atoms with Gasteiger partial charge in [0, 0.05) is 48.4 Å². The predicted octanol–water partition coefficient (Wildman–Crippen LogP) is 4.22. The van der Waals surface area contributed by atoms with Gasteiger partial charge in [0.25, 0.3) is 0 Å². The van der Waals surface area contributed by atoms with Crippen LogP contribution in [0.15, 0.2) is 58.8 Å². The molecule has 0 saturated carbocycles. The van der Waals surface area contributed by atoms with Gasteiger partial charge >= 0.3 is 0 Å². The molecule has 3 aromatic heterocycles. The molecule has 0 unspecified atom stereocenters. The number of hydrogen-bond acceptors (Lipinski definition) is 5. The third-order valence-corrected chi connectivity index (χ3v) is 5.59. The van der Waals surface area contributed by atoms with Crippen LogP contribution in [0.25, 0.3) is 17.3 Å². The molecule has 0 bridgehead atoms. The van der Waals surface area contributed by atoms with Crippen LogP contribution in [0.5, 0.6) is 0 Å². The predicted molar refractivity (Wildman–Crippen MR) is 102 cm³/mol. The summed E-state index contributed by atoms with van der Waals surface area (Å²) in [6.07, 6.45) is 10.4. The van der Waals surface area contributed by atoms with E-state index in [-0.39, 0.29) is 5.91 Å². The summed E-state index contributed by atoms with van der Waals surface area (Å²) in [6, 6.07) is 7.60. The van der Waals surface area contributed by atoms with E-state index in [4.69, 9.17) is 9.40 Å². The number of piperidine rings is 1. The first kappa shape index (κ1) is 16.7. The highest BCUT2D eigenvalue weighted by Gasteiger charge is 2.25. The van der Waals surface area contributed by atoms with Gasteiger partial charge in [0.1, 0.15) is 5.76 Å². The molecule has 0 atom stereocenters. The largest absolute Gasteiger partial charge is 0.465 e. The molecule has 1 fully saturated rings. The van der Waals surface area contributed by atoms with Crippen molar-refractivity contribution in [2.75, 3.05) is 13.1 Å². The molecule has 1 saturated heterocycles. The Kier molecular flexibility index (Phi) is 4.93. The van der Waals surface area contributed by atoms with E-state index in [0.29, 0.717) is 11.7 Å². The Hall–Kier alpha value is -2.73. The number of hydrogen-bond donors (Lipinski definition) is 0. The Morgan fingerprint density at radius 2 is 2.04 bits per heavy atom. The summed E-state index contributed by atoms with van der Waals surface area (Å²) in [4.78, 5) is 23.1. The zero-order valence-electron chi connectivity index (χ0n) is 14.2. The monoisotopic (exact) mass is 365 g/mol. The minimum atomic E-state index is 0.0384. The number of amides is 1. The van der Waals surface area contributed by atoms with Crippen LogP contribution in [0.1, 0.15) is 29.5 Å². The van der Waals surface area contributed by atoms with Crippen molar-refractivity contribution in [3.63, 3.8) is 0 Å². The molecule has 1 aliphatic heterocycles. The van der Waals surface area contributed by atoms with Gasteiger partial charge < -0.3 is 9.32 Å². The summed E-state index contributed by atoms with van der Waals surface area (Å²) in [7, 11) is 0. The van der Waals surface area contributed by atoms with Crippen LogP contribution in [0.3, 0.4) is 0 Å². The van der Waals surface area contributed by atoms with Gasteiger partial charge in [-0.2, -0.15) is 0 Å². The van der Waals surface area contributed by atoms with Gasteiger partial charge in [-0.05, 0) is 43.2 Å². The van der Waals surface area contributed by atoms with Crippen molar-refractivity contribution in [3.05, 3.63) is 65.1 Å². The van der Waals surface area contributed by atoms with Crippen LogP contribution >= 0.6 is 11.3 Å². The Morgan fingerprint density at radius 1 is 1.23 bits per heavy atom. The first-order valence-electron chi connectivity index (χ1n) is 8.66. The number of thiazole rings is 1. The van der Waals surface area contributed by atoms with Crippen molar-refractivity contribution in [1.82, 2.24) is 14.9 Å². The molecule has 6 heteroatoms. The van der Waals surface area contributed by atoms with Gasteiger partial charge in [0.2, 0.25) is 5.91 Å². The highest BCUT2D eigenvalue weighted by molar-refractivity contribution is 7.10. The molecule has 132 valence electrons. The third kappa shape index (κ3) is 3.75. The normalized spacial score (nSPS) is 15.6. The fourth-order valence-electron chi connectivity index (χ4n) is 3.12. The van der Waals surface area contributed by atoms with E-state index in [1.54, 1.807) is 42.1 Å². The van der Waals surface area contributed by atoms with E-state index >= 15 is 0 Å². The highest BCUT2D eigenvalue weighted by atomic mass is 32.1. The summed E-state index contributed by atoms with van der Waals surface area (Å²) >= 11 is 1.71. The second-order valence-electron chi connectivity index (χ2n) is 6.26. The maximum absolute atomic E-state index is 12.3. The molecule has 4 heterocycles. The fraction of sp³-hybridized carbons (Fsp3) is 0.250. The van der Waals surface area contributed by atoms with E-state index in [9.17, 15) is 4.79 Å². The fourth-order valence-corrected chi connectivity index (χ4v) is 4.12. The van der Waals surface area contributed by atoms with Gasteiger partial charge in [-0.25, -0.2) is 4.98 Å². The summed E-state index contributed by atoms with van der Waals surface area (Å²) in [5.41, 5.74) is 2.10. The second-order valence-corrected chi connectivity index (χ2v) is 7.14. The van der Waals surface area contributed by atoms with Gasteiger partial charge in [0.05, 0.1) is 17.0 Å². The van der Waals surface area contributed by atoms with Crippen molar-refractivity contribution in [1.29, 1.82) is 0 Å². The van der Waals surface area contributed by atoms with Crippen molar-refractivity contribution >= 4 is 23.3 Å². The Balaban J connectivity index is 1.35. The number of nitrogens with zero attached hydrogens (tertiary/aromatic N) is 3. The van der Waals surface area contributed by atoms with Crippen LogP contribution in [0, 0.1) is 0 Å². The molecule has 5 nitrogen and oxygen atoms in total. The molecular weight excluding hydrogens is 346 g/mol. The zero-order valence-corrected chi connectivity index (χ0v) is 15.1. The maximum Gasteiger partial charge on any atom is 0.246 e. The van der Waals surface area contributed by atoms with Crippen molar-refractivity contribution < 1.29 is 9.21 Å². The Morgan fingerprint density at radius 3 is 2.77 bits per heavy atom. The quantitative estimate of drug-likeness (QED) is 0.650. The van der Waals surface area contributed by atoms with E-state index < -0.39 is 0 Å². The average Bonchev–Trinajstić information content (AvgIpc) is 3.39. The number of carbonyl (C=O) groups excluding carboxylic acids is 1. The standard InChI is InChI=1S/C20H19N3O2S/c24-19(4-3-17-2-1-13-25-17)23-11-7-16(8-12-23)20-22-18(14-26-20)15-5-9-21-10-6-15/h1-6,9-10,13-14,16H,7-8,11-12H2. The Labute approximate surface area is 156 Å². The van der Waals surface area contributed by atoms with Crippen molar-refractivity contribution in [3.8, 4) is 11.3 Å². The molecule has 3 aromatic rings. The zero-order chi connectivity index (χ0) is 17.8. The summed E-state index contributed by atoms with van der Waals surface area (Å²) in [5, 5.41) is 3.27. The lowest BCUT2D eigenvalue weighted by molar-refractivity contribution is -0.126. The second kappa shape index (κ2) is 7.66. The van der Waals surface area contributed by atoms with Crippen molar-refractivity contribution in [2.45, 2.75) is 18.8 Å². The smallest absolute Gasteiger partial charge is 0.246 e. The van der Waals surface area contributed by atoms with Crippen LogP contribution < -0.4 is 0 Å². The lowest BCUT2D eigenvalue weighted by atomic mass is 9.97. The first-order valence-corrected chi connectivity index (χ1v) is 9.54. The molecule has 0 radical (unpaired) electrons. The number of likely N-dealkylation sites (tertiary alicyclic amines) is 1. The topological polar surface area (TPSA) is 59.2 Å². The summed E-state index contributed by atoms with van der Waals surface area (Å²) in [6.45, 7) is 1.52. The van der Waals surface area contributed by atoms with E-state index in [2.05, 4.69) is 10.4 Å². The molecule has 4 rings (SSSR count). The molecule has 0 aromatic carbocycles. The molecule has 0 aliphatic carbocycles. The average molecular weight is 365 g/mol. The third-order valence-electron chi connectivity index (χ3n) is 4.59. The molecule has 0 N–H and O–H groups in total. The van der Waals surface area contributed by atoms with Crippen LogP contribution in [-0.4, -0.2) is 33.9 Å². The lowest BCUT2D eigenvalue weighted by Crippen LogP contribution is -2.36. The number of furan rings is 1.